The van der Waals surface area contributed by atoms with Crippen LogP contribution in [0.4, 0.5) is 4.39 Å². The van der Waals surface area contributed by atoms with E-state index in [1.54, 1.807) is 24.5 Å². The van der Waals surface area contributed by atoms with Gasteiger partial charge in [0.25, 0.3) is 0 Å². The predicted molar refractivity (Wildman–Crippen MR) is 59.4 cm³/mol. The molecule has 1 aromatic heterocycles. The number of aliphatic hydroxyl groups excluding tert-OH is 1. The van der Waals surface area contributed by atoms with Gasteiger partial charge in [-0.25, -0.2) is 4.39 Å². The number of aryl methyl sites for hydroxylation is 1. The fourth-order valence-electron chi connectivity index (χ4n) is 1.62. The van der Waals surface area contributed by atoms with E-state index in [0.717, 1.165) is 5.56 Å². The SMILES string of the molecule is Cc1ccncc1C(O)c1cccc(F)c1. The molecular weight excluding hydrogens is 205 g/mol. The van der Waals surface area contributed by atoms with Gasteiger partial charge in [-0.1, -0.05) is 12.1 Å². The van der Waals surface area contributed by atoms with Crippen molar-refractivity contribution in [1.29, 1.82) is 0 Å². The minimum Gasteiger partial charge on any atom is -0.384 e. The lowest BCUT2D eigenvalue weighted by Gasteiger charge is -2.13. The van der Waals surface area contributed by atoms with Crippen molar-refractivity contribution in [3.05, 3.63) is 65.2 Å². The normalized spacial score (nSPS) is 12.4. The predicted octanol–water partition coefficient (Wildman–Crippen LogP) is 2.61. The summed E-state index contributed by atoms with van der Waals surface area (Å²) in [6.45, 7) is 1.89. The van der Waals surface area contributed by atoms with E-state index in [-0.39, 0.29) is 5.82 Å². The van der Waals surface area contributed by atoms with E-state index >= 15 is 0 Å². The minimum atomic E-state index is -0.829. The Morgan fingerprint density at radius 1 is 1.31 bits per heavy atom. The van der Waals surface area contributed by atoms with E-state index in [9.17, 15) is 9.50 Å². The standard InChI is InChI=1S/C13H12FNO/c1-9-5-6-15-8-12(9)13(16)10-3-2-4-11(14)7-10/h2-8,13,16H,1H3. The smallest absolute Gasteiger partial charge is 0.123 e. The average molecular weight is 217 g/mol. The molecule has 16 heavy (non-hydrogen) atoms. The van der Waals surface area contributed by atoms with Crippen LogP contribution in [0.25, 0.3) is 0 Å². The minimum absolute atomic E-state index is 0.349. The second-order valence-corrected chi connectivity index (χ2v) is 3.69. The first-order valence-corrected chi connectivity index (χ1v) is 5.02. The summed E-state index contributed by atoms with van der Waals surface area (Å²) < 4.78 is 13.0. The van der Waals surface area contributed by atoms with Gasteiger partial charge in [0.1, 0.15) is 11.9 Å². The number of hydrogen-bond acceptors (Lipinski definition) is 2. The molecule has 3 heteroatoms. The van der Waals surface area contributed by atoms with E-state index in [2.05, 4.69) is 4.98 Å². The Balaban J connectivity index is 2.39. The summed E-state index contributed by atoms with van der Waals surface area (Å²) in [6, 6.07) is 7.78. The maximum absolute atomic E-state index is 13.0. The van der Waals surface area contributed by atoms with Crippen molar-refractivity contribution in [2.45, 2.75) is 13.0 Å². The maximum atomic E-state index is 13.0. The molecule has 0 aliphatic rings. The van der Waals surface area contributed by atoms with Gasteiger partial charge in [-0.3, -0.25) is 4.98 Å². The van der Waals surface area contributed by atoms with Gasteiger partial charge < -0.3 is 5.11 Å². The van der Waals surface area contributed by atoms with Crippen LogP contribution in [-0.2, 0) is 0 Å². The molecule has 0 amide bonds. The molecule has 0 saturated carbocycles. The van der Waals surface area contributed by atoms with Crippen molar-refractivity contribution in [2.75, 3.05) is 0 Å². The van der Waals surface area contributed by atoms with Gasteiger partial charge in [0.2, 0.25) is 0 Å². The fourth-order valence-corrected chi connectivity index (χ4v) is 1.62. The summed E-state index contributed by atoms with van der Waals surface area (Å²) in [7, 11) is 0. The number of hydrogen-bond donors (Lipinski definition) is 1. The summed E-state index contributed by atoms with van der Waals surface area (Å²) in [5, 5.41) is 10.1. The molecule has 1 aromatic carbocycles. The number of nitrogens with zero attached hydrogens (tertiary/aromatic N) is 1. The summed E-state index contributed by atoms with van der Waals surface area (Å²) in [4.78, 5) is 3.96. The van der Waals surface area contributed by atoms with Crippen molar-refractivity contribution in [1.82, 2.24) is 4.98 Å². The van der Waals surface area contributed by atoms with E-state index in [4.69, 9.17) is 0 Å². The number of aliphatic hydroxyl groups is 1. The Morgan fingerprint density at radius 2 is 2.12 bits per heavy atom. The largest absolute Gasteiger partial charge is 0.384 e. The lowest BCUT2D eigenvalue weighted by atomic mass is 9.99. The monoisotopic (exact) mass is 217 g/mol. The average Bonchev–Trinajstić information content (AvgIpc) is 2.29. The third-order valence-electron chi connectivity index (χ3n) is 2.54. The van der Waals surface area contributed by atoms with Crippen LogP contribution in [0, 0.1) is 12.7 Å². The second-order valence-electron chi connectivity index (χ2n) is 3.69. The third-order valence-corrected chi connectivity index (χ3v) is 2.54. The van der Waals surface area contributed by atoms with E-state index in [1.165, 1.54) is 12.1 Å². The molecule has 0 aliphatic carbocycles. The van der Waals surface area contributed by atoms with Gasteiger partial charge >= 0.3 is 0 Å². The van der Waals surface area contributed by atoms with Gasteiger partial charge in [0, 0.05) is 18.0 Å². The van der Waals surface area contributed by atoms with Gasteiger partial charge in [0.15, 0.2) is 0 Å². The molecule has 0 fully saturated rings. The molecule has 0 aliphatic heterocycles. The molecule has 1 unspecified atom stereocenters. The van der Waals surface area contributed by atoms with Crippen LogP contribution < -0.4 is 0 Å². The zero-order valence-electron chi connectivity index (χ0n) is 8.89. The molecule has 1 N–H and O–H groups in total. The molecule has 82 valence electrons. The van der Waals surface area contributed by atoms with E-state index in [0.29, 0.717) is 11.1 Å². The highest BCUT2D eigenvalue weighted by Crippen LogP contribution is 2.24. The molecule has 0 saturated heterocycles. The first-order chi connectivity index (χ1) is 7.68. The van der Waals surface area contributed by atoms with Crippen LogP contribution in [0.15, 0.2) is 42.7 Å². The Morgan fingerprint density at radius 3 is 2.81 bits per heavy atom. The molecule has 0 radical (unpaired) electrons. The number of rotatable bonds is 2. The first kappa shape index (κ1) is 10.8. The van der Waals surface area contributed by atoms with Crippen LogP contribution in [-0.4, -0.2) is 10.1 Å². The lowest BCUT2D eigenvalue weighted by Crippen LogP contribution is -2.02. The van der Waals surface area contributed by atoms with Crippen LogP contribution in [0.1, 0.15) is 22.8 Å². The molecule has 2 nitrogen and oxygen atoms in total. The summed E-state index contributed by atoms with van der Waals surface area (Å²) in [6.07, 6.45) is 2.44. The van der Waals surface area contributed by atoms with Crippen molar-refractivity contribution in [2.24, 2.45) is 0 Å². The number of aromatic nitrogens is 1. The quantitative estimate of drug-likeness (QED) is 0.838. The van der Waals surface area contributed by atoms with Crippen molar-refractivity contribution < 1.29 is 9.50 Å². The lowest BCUT2D eigenvalue weighted by molar-refractivity contribution is 0.218. The highest BCUT2D eigenvalue weighted by Gasteiger charge is 2.13. The van der Waals surface area contributed by atoms with Crippen molar-refractivity contribution in [3.8, 4) is 0 Å². The zero-order valence-corrected chi connectivity index (χ0v) is 8.89. The topological polar surface area (TPSA) is 33.1 Å². The molecule has 2 rings (SSSR count). The van der Waals surface area contributed by atoms with Gasteiger partial charge in [-0.15, -0.1) is 0 Å². The Kier molecular flexibility index (Phi) is 2.97. The Hall–Kier alpha value is -1.74. The number of halogens is 1. The summed E-state index contributed by atoms with van der Waals surface area (Å²) >= 11 is 0. The van der Waals surface area contributed by atoms with Crippen LogP contribution in [0.2, 0.25) is 0 Å². The van der Waals surface area contributed by atoms with Crippen LogP contribution in [0.3, 0.4) is 0 Å². The van der Waals surface area contributed by atoms with Crippen molar-refractivity contribution in [3.63, 3.8) is 0 Å². The Labute approximate surface area is 93.4 Å². The highest BCUT2D eigenvalue weighted by atomic mass is 19.1. The number of pyridine rings is 1. The highest BCUT2D eigenvalue weighted by molar-refractivity contribution is 5.33. The molecule has 2 aromatic rings. The summed E-state index contributed by atoms with van der Waals surface area (Å²) in [5.41, 5.74) is 2.18. The number of benzene rings is 1. The molecule has 0 bridgehead atoms. The van der Waals surface area contributed by atoms with Gasteiger partial charge in [0.05, 0.1) is 0 Å². The molecular formula is C13H12FNO. The van der Waals surface area contributed by atoms with E-state index < -0.39 is 6.10 Å². The summed E-state index contributed by atoms with van der Waals surface area (Å²) in [5.74, 6) is -0.349. The molecule has 1 heterocycles. The van der Waals surface area contributed by atoms with Crippen LogP contribution >= 0.6 is 0 Å². The third kappa shape index (κ3) is 2.09. The Bertz CT molecular complexity index is 499. The maximum Gasteiger partial charge on any atom is 0.123 e. The van der Waals surface area contributed by atoms with Gasteiger partial charge in [-0.2, -0.15) is 0 Å². The van der Waals surface area contributed by atoms with Crippen molar-refractivity contribution >= 4 is 0 Å². The van der Waals surface area contributed by atoms with Gasteiger partial charge in [-0.05, 0) is 36.2 Å². The van der Waals surface area contributed by atoms with E-state index in [1.807, 2.05) is 13.0 Å². The fraction of sp³-hybridized carbons (Fsp3) is 0.154. The molecule has 1 atom stereocenters. The zero-order chi connectivity index (χ0) is 11.5. The molecule has 0 spiro atoms. The van der Waals surface area contributed by atoms with Crippen LogP contribution in [0.5, 0.6) is 0 Å². The second kappa shape index (κ2) is 4.41. The first-order valence-electron chi connectivity index (χ1n) is 5.02.